The number of halogens is 3. The average Bonchev–Trinajstić information content (AvgIpc) is 3.21. The lowest BCUT2D eigenvalue weighted by Gasteiger charge is -2.36. The molecule has 0 N–H and O–H groups in total. The normalized spacial score (nSPS) is 16.7. The molecule has 40 heavy (non-hydrogen) atoms. The van der Waals surface area contributed by atoms with Crippen molar-refractivity contribution >= 4 is 79.7 Å². The van der Waals surface area contributed by atoms with Gasteiger partial charge in [0.15, 0.2) is 5.75 Å². The Morgan fingerprint density at radius 3 is 2.35 bits per heavy atom. The molecule has 0 atom stereocenters. The Kier molecular flexibility index (Phi) is 9.05. The van der Waals surface area contributed by atoms with Crippen LogP contribution < -0.4 is 9.64 Å². The number of carbonyl (C=O) groups is 3. The number of piperazine rings is 1. The van der Waals surface area contributed by atoms with Gasteiger partial charge in [-0.1, -0.05) is 59.6 Å². The van der Waals surface area contributed by atoms with Gasteiger partial charge in [0.1, 0.15) is 13.2 Å². The van der Waals surface area contributed by atoms with Crippen LogP contribution in [0.3, 0.4) is 0 Å². The molecule has 0 radical (unpaired) electrons. The average molecular weight is 661 g/mol. The molecule has 0 unspecified atom stereocenters. The minimum atomic E-state index is -0.502. The third-order valence-electron chi connectivity index (χ3n) is 6.57. The predicted octanol–water partition coefficient (Wildman–Crippen LogP) is 6.72. The quantitative estimate of drug-likeness (QED) is 0.262. The molecule has 0 spiro atoms. The molecule has 0 aromatic heterocycles. The van der Waals surface area contributed by atoms with E-state index < -0.39 is 11.1 Å². The molecule has 0 bridgehead atoms. The maximum atomic E-state index is 13.1. The van der Waals surface area contributed by atoms with Crippen LogP contribution in [0.1, 0.15) is 11.1 Å². The number of rotatable bonds is 7. The van der Waals surface area contributed by atoms with E-state index in [1.165, 1.54) is 0 Å². The highest BCUT2D eigenvalue weighted by Gasteiger charge is 2.37. The monoisotopic (exact) mass is 659 g/mol. The lowest BCUT2D eigenvalue weighted by Crippen LogP contribution is -2.51. The summed E-state index contributed by atoms with van der Waals surface area (Å²) in [7, 11) is 0. The van der Waals surface area contributed by atoms with Gasteiger partial charge in [-0.15, -0.1) is 0 Å². The van der Waals surface area contributed by atoms with E-state index in [-0.39, 0.29) is 24.0 Å². The van der Waals surface area contributed by atoms with E-state index in [0.717, 1.165) is 27.9 Å². The van der Waals surface area contributed by atoms with Crippen LogP contribution in [0.5, 0.6) is 5.75 Å². The van der Waals surface area contributed by atoms with Crippen molar-refractivity contribution in [2.24, 2.45) is 0 Å². The van der Waals surface area contributed by atoms with Gasteiger partial charge in [0.25, 0.3) is 11.1 Å². The van der Waals surface area contributed by atoms with Gasteiger partial charge in [0.05, 0.1) is 14.4 Å². The van der Waals surface area contributed by atoms with Gasteiger partial charge < -0.3 is 14.5 Å². The van der Waals surface area contributed by atoms with Crippen molar-refractivity contribution in [2.45, 2.75) is 6.61 Å². The molecular formula is C29H24BrCl2N3O4S. The summed E-state index contributed by atoms with van der Waals surface area (Å²) in [5.41, 5.74) is 2.53. The number of benzene rings is 3. The Bertz CT molecular complexity index is 1460. The first-order valence-electron chi connectivity index (χ1n) is 12.5. The number of anilines is 1. The molecule has 2 aliphatic heterocycles. The molecular weight excluding hydrogens is 637 g/mol. The van der Waals surface area contributed by atoms with E-state index in [9.17, 15) is 14.4 Å². The third kappa shape index (κ3) is 6.49. The fraction of sp³-hybridized carbons (Fsp3) is 0.207. The van der Waals surface area contributed by atoms with Gasteiger partial charge in [-0.3, -0.25) is 19.3 Å². The molecule has 7 nitrogen and oxygen atoms in total. The summed E-state index contributed by atoms with van der Waals surface area (Å²) in [5, 5.41) is 0.448. The molecule has 0 aliphatic carbocycles. The van der Waals surface area contributed by atoms with Gasteiger partial charge in [-0.25, -0.2) is 0 Å². The topological polar surface area (TPSA) is 70.2 Å². The van der Waals surface area contributed by atoms with Crippen LogP contribution in [0, 0.1) is 0 Å². The minimum Gasteiger partial charge on any atom is -0.486 e. The summed E-state index contributed by atoms with van der Waals surface area (Å²) >= 11 is 17.0. The molecule has 3 aromatic rings. The smallest absolute Gasteiger partial charge is 0.294 e. The van der Waals surface area contributed by atoms with E-state index in [1.807, 2.05) is 48.5 Å². The number of ether oxygens (including phenoxy) is 1. The second kappa shape index (κ2) is 12.7. The Balaban J connectivity index is 1.21. The first-order valence-corrected chi connectivity index (χ1v) is 14.8. The molecule has 2 fully saturated rings. The summed E-state index contributed by atoms with van der Waals surface area (Å²) in [4.78, 5) is 43.8. The number of thioether (sulfide) groups is 1. The highest BCUT2D eigenvalue weighted by Crippen LogP contribution is 2.38. The van der Waals surface area contributed by atoms with Crippen LogP contribution in [0.2, 0.25) is 10.0 Å². The highest BCUT2D eigenvalue weighted by molar-refractivity contribution is 9.10. The van der Waals surface area contributed by atoms with Crippen LogP contribution in [0.25, 0.3) is 6.08 Å². The second-order valence-corrected chi connectivity index (χ2v) is 11.8. The first-order chi connectivity index (χ1) is 19.3. The van der Waals surface area contributed by atoms with Crippen molar-refractivity contribution in [2.75, 3.05) is 37.6 Å². The minimum absolute atomic E-state index is 0.222. The molecule has 2 aliphatic rings. The zero-order valence-electron chi connectivity index (χ0n) is 21.2. The van der Waals surface area contributed by atoms with Crippen LogP contribution in [-0.4, -0.2) is 59.6 Å². The Hall–Kier alpha value is -2.98. The summed E-state index contributed by atoms with van der Waals surface area (Å²) in [5.74, 6) is -0.315. The molecule has 3 aromatic carbocycles. The SMILES string of the molecule is O=C(CN1C(=O)S/C(=C/c2cc(Cl)c(OCc3ccccc3Cl)c(Br)c2)C1=O)N1CCN(c2ccccc2)CC1. The lowest BCUT2D eigenvalue weighted by atomic mass is 10.2. The zero-order chi connectivity index (χ0) is 28.2. The summed E-state index contributed by atoms with van der Waals surface area (Å²) in [6.07, 6.45) is 1.59. The zero-order valence-corrected chi connectivity index (χ0v) is 25.1. The van der Waals surface area contributed by atoms with Crippen molar-refractivity contribution in [1.29, 1.82) is 0 Å². The van der Waals surface area contributed by atoms with Crippen LogP contribution in [0.15, 0.2) is 76.1 Å². The standard InChI is InChI=1S/C29H24BrCl2N3O4S/c30-22-14-19(15-24(32)27(22)39-18-20-6-4-5-9-23(20)31)16-25-28(37)35(29(38)40-25)17-26(36)34-12-10-33(11-13-34)21-7-2-1-3-8-21/h1-9,14-16H,10-13,17-18H2/b25-16+. The third-order valence-corrected chi connectivity index (χ3v) is 8.71. The van der Waals surface area contributed by atoms with Crippen molar-refractivity contribution < 1.29 is 19.1 Å². The lowest BCUT2D eigenvalue weighted by molar-refractivity contribution is -0.136. The number of carbonyl (C=O) groups excluding carboxylic acids is 3. The Labute approximate surface area is 254 Å². The molecule has 0 saturated carbocycles. The number of hydrogen-bond acceptors (Lipinski definition) is 6. The van der Waals surface area contributed by atoms with Crippen molar-refractivity contribution in [3.05, 3.63) is 97.3 Å². The molecule has 2 heterocycles. The number of nitrogens with zero attached hydrogens (tertiary/aromatic N) is 3. The van der Waals surface area contributed by atoms with Gasteiger partial charge in [-0.05, 0) is 69.7 Å². The number of para-hydroxylation sites is 1. The Morgan fingerprint density at radius 2 is 1.65 bits per heavy atom. The summed E-state index contributed by atoms with van der Waals surface area (Å²) in [6, 6.07) is 20.8. The van der Waals surface area contributed by atoms with E-state index in [1.54, 1.807) is 29.2 Å². The molecule has 3 amide bonds. The van der Waals surface area contributed by atoms with E-state index in [4.69, 9.17) is 27.9 Å². The largest absolute Gasteiger partial charge is 0.486 e. The van der Waals surface area contributed by atoms with Crippen LogP contribution >= 0.6 is 50.9 Å². The summed E-state index contributed by atoms with van der Waals surface area (Å²) in [6.45, 7) is 2.36. The van der Waals surface area contributed by atoms with Gasteiger partial charge in [-0.2, -0.15) is 0 Å². The van der Waals surface area contributed by atoms with Crippen molar-refractivity contribution in [1.82, 2.24) is 9.80 Å². The van der Waals surface area contributed by atoms with Crippen LogP contribution in [-0.2, 0) is 16.2 Å². The van der Waals surface area contributed by atoms with Gasteiger partial charge in [0, 0.05) is 42.5 Å². The fourth-order valence-electron chi connectivity index (χ4n) is 4.44. The fourth-order valence-corrected chi connectivity index (χ4v) is 6.46. The summed E-state index contributed by atoms with van der Waals surface area (Å²) < 4.78 is 6.47. The van der Waals surface area contributed by atoms with E-state index >= 15 is 0 Å². The van der Waals surface area contributed by atoms with Gasteiger partial charge >= 0.3 is 0 Å². The first kappa shape index (κ1) is 28.5. The number of amides is 3. The van der Waals surface area contributed by atoms with Crippen molar-refractivity contribution in [3.8, 4) is 5.75 Å². The highest BCUT2D eigenvalue weighted by atomic mass is 79.9. The molecule has 5 rings (SSSR count). The number of hydrogen-bond donors (Lipinski definition) is 0. The molecule has 11 heteroatoms. The Morgan fingerprint density at radius 1 is 0.950 bits per heavy atom. The second-order valence-electron chi connectivity index (χ2n) is 9.16. The van der Waals surface area contributed by atoms with E-state index in [0.29, 0.717) is 52.0 Å². The molecule has 2 saturated heterocycles. The maximum Gasteiger partial charge on any atom is 0.294 e. The van der Waals surface area contributed by atoms with E-state index in [2.05, 4.69) is 20.8 Å². The number of imide groups is 1. The van der Waals surface area contributed by atoms with Crippen molar-refractivity contribution in [3.63, 3.8) is 0 Å². The maximum absolute atomic E-state index is 13.1. The molecule has 206 valence electrons. The van der Waals surface area contributed by atoms with Crippen LogP contribution in [0.4, 0.5) is 10.5 Å². The van der Waals surface area contributed by atoms with Gasteiger partial charge in [0.2, 0.25) is 5.91 Å². The predicted molar refractivity (Wildman–Crippen MR) is 163 cm³/mol.